The summed E-state index contributed by atoms with van der Waals surface area (Å²) in [4.78, 5) is 30.6. The van der Waals surface area contributed by atoms with Crippen LogP contribution in [0.25, 0.3) is 16.6 Å². The summed E-state index contributed by atoms with van der Waals surface area (Å²) in [5.41, 5.74) is 0.196. The van der Waals surface area contributed by atoms with Crippen LogP contribution in [-0.2, 0) is 13.6 Å². The summed E-state index contributed by atoms with van der Waals surface area (Å²) in [6.07, 6.45) is 1.75. The Morgan fingerprint density at radius 1 is 1.03 bits per heavy atom. The van der Waals surface area contributed by atoms with Gasteiger partial charge in [0, 0.05) is 18.6 Å². The fraction of sp³-hybridized carbons (Fsp3) is 0.120. The van der Waals surface area contributed by atoms with Gasteiger partial charge in [0.2, 0.25) is 5.95 Å². The summed E-state index contributed by atoms with van der Waals surface area (Å²) in [5.74, 6) is -4.69. The van der Waals surface area contributed by atoms with E-state index in [0.717, 1.165) is 32.2 Å². The van der Waals surface area contributed by atoms with Gasteiger partial charge in [-0.3, -0.25) is 9.25 Å². The molecule has 0 bridgehead atoms. The third-order valence-electron chi connectivity index (χ3n) is 5.67. The number of nitrogens with one attached hydrogen (secondary N) is 1. The predicted octanol–water partition coefficient (Wildman–Crippen LogP) is 4.45. The minimum atomic E-state index is -1.63. The zero-order valence-electron chi connectivity index (χ0n) is 19.5. The van der Waals surface area contributed by atoms with Gasteiger partial charge in [0.05, 0.1) is 28.5 Å². The zero-order valence-corrected chi connectivity index (χ0v) is 20.2. The van der Waals surface area contributed by atoms with Crippen molar-refractivity contribution in [2.75, 3.05) is 5.32 Å². The maximum absolute atomic E-state index is 13.9. The third kappa shape index (κ3) is 4.60. The number of fused-ring (bicyclic) bond motifs is 1. The molecule has 0 amide bonds. The molecule has 0 fully saturated rings. The molecule has 0 atom stereocenters. The fourth-order valence-electron chi connectivity index (χ4n) is 3.99. The fourth-order valence-corrected chi connectivity index (χ4v) is 4.19. The minimum Gasteiger partial charge on any atom is -0.324 e. The second-order valence-corrected chi connectivity index (χ2v) is 8.86. The van der Waals surface area contributed by atoms with Gasteiger partial charge in [-0.1, -0.05) is 23.7 Å². The number of hydrogen-bond acceptors (Lipinski definition) is 5. The minimum absolute atomic E-state index is 0.0633. The number of halogens is 4. The number of benzene rings is 3. The van der Waals surface area contributed by atoms with E-state index in [2.05, 4.69) is 15.4 Å². The first kappa shape index (κ1) is 24.3. The van der Waals surface area contributed by atoms with Gasteiger partial charge in [0.1, 0.15) is 0 Å². The van der Waals surface area contributed by atoms with E-state index in [0.29, 0.717) is 11.2 Å². The Balaban J connectivity index is 1.69. The molecule has 0 radical (unpaired) electrons. The van der Waals surface area contributed by atoms with Crippen LogP contribution < -0.4 is 16.7 Å². The molecule has 0 unspecified atom stereocenters. The molecule has 5 rings (SSSR count). The Kier molecular flexibility index (Phi) is 6.08. The topological polar surface area (TPSA) is 86.7 Å². The van der Waals surface area contributed by atoms with Crippen LogP contribution in [-0.4, -0.2) is 23.9 Å². The third-order valence-corrected chi connectivity index (χ3v) is 5.98. The lowest BCUT2D eigenvalue weighted by molar-refractivity contribution is 0.444. The van der Waals surface area contributed by atoms with E-state index in [4.69, 9.17) is 11.6 Å². The molecule has 0 spiro atoms. The molecule has 8 nitrogen and oxygen atoms in total. The summed E-state index contributed by atoms with van der Waals surface area (Å²) in [6, 6.07) is 11.4. The highest BCUT2D eigenvalue weighted by Crippen LogP contribution is 2.29. The molecule has 188 valence electrons. The van der Waals surface area contributed by atoms with E-state index >= 15 is 0 Å². The molecule has 2 heterocycles. The predicted molar refractivity (Wildman–Crippen MR) is 133 cm³/mol. The molecule has 3 aromatic carbocycles. The van der Waals surface area contributed by atoms with Crippen molar-refractivity contribution in [1.82, 2.24) is 23.9 Å². The van der Waals surface area contributed by atoms with E-state index < -0.39 is 35.4 Å². The van der Waals surface area contributed by atoms with Crippen LogP contribution in [0.15, 0.2) is 64.3 Å². The molecular formula is C25H18ClF3N6O2. The largest absolute Gasteiger partial charge is 0.359 e. The van der Waals surface area contributed by atoms with E-state index in [1.807, 2.05) is 0 Å². The molecule has 0 saturated heterocycles. The highest BCUT2D eigenvalue weighted by molar-refractivity contribution is 6.34. The van der Waals surface area contributed by atoms with Gasteiger partial charge in [-0.2, -0.15) is 10.1 Å². The van der Waals surface area contributed by atoms with Crippen LogP contribution >= 0.6 is 11.6 Å². The lowest BCUT2D eigenvalue weighted by Gasteiger charge is -2.17. The van der Waals surface area contributed by atoms with Crippen molar-refractivity contribution in [3.63, 3.8) is 0 Å². The smallest absolute Gasteiger partial charge is 0.324 e. The van der Waals surface area contributed by atoms with Gasteiger partial charge >= 0.3 is 11.4 Å². The lowest BCUT2D eigenvalue weighted by Crippen LogP contribution is -2.41. The second-order valence-electron chi connectivity index (χ2n) is 8.45. The number of aromatic nitrogens is 5. The molecule has 1 N–H and O–H groups in total. The van der Waals surface area contributed by atoms with Crippen molar-refractivity contribution in [2.24, 2.45) is 7.05 Å². The van der Waals surface area contributed by atoms with E-state index in [-0.39, 0.29) is 22.2 Å². The van der Waals surface area contributed by atoms with Crippen LogP contribution in [0.1, 0.15) is 11.1 Å². The van der Waals surface area contributed by atoms with E-state index in [9.17, 15) is 22.8 Å². The highest BCUT2D eigenvalue weighted by Gasteiger charge is 2.19. The average molecular weight is 527 g/mol. The number of rotatable bonds is 5. The first-order valence-electron chi connectivity index (χ1n) is 10.9. The number of anilines is 2. The Morgan fingerprint density at radius 3 is 2.46 bits per heavy atom. The highest BCUT2D eigenvalue weighted by atomic mass is 35.5. The number of aryl methyl sites for hydroxylation is 2. The van der Waals surface area contributed by atoms with E-state index in [1.54, 1.807) is 61.2 Å². The van der Waals surface area contributed by atoms with Gasteiger partial charge in [-0.25, -0.2) is 27.3 Å². The molecule has 2 aromatic heterocycles. The normalized spacial score (nSPS) is 11.3. The number of hydrogen-bond donors (Lipinski definition) is 1. The molecule has 0 aliphatic rings. The van der Waals surface area contributed by atoms with Crippen molar-refractivity contribution in [3.8, 4) is 5.69 Å². The molecule has 0 saturated carbocycles. The molecule has 5 aromatic rings. The van der Waals surface area contributed by atoms with Crippen LogP contribution in [0.5, 0.6) is 0 Å². The first-order chi connectivity index (χ1) is 17.6. The Morgan fingerprint density at radius 2 is 1.76 bits per heavy atom. The van der Waals surface area contributed by atoms with Crippen molar-refractivity contribution in [3.05, 3.63) is 109 Å². The summed E-state index contributed by atoms with van der Waals surface area (Å²) in [5, 5.41) is 8.11. The van der Waals surface area contributed by atoms with Gasteiger partial charge in [0.25, 0.3) is 0 Å². The molecular weight excluding hydrogens is 509 g/mol. The van der Waals surface area contributed by atoms with Gasteiger partial charge in [-0.05, 0) is 54.4 Å². The van der Waals surface area contributed by atoms with Crippen molar-refractivity contribution in [1.29, 1.82) is 0 Å². The Hall–Kier alpha value is -4.38. The van der Waals surface area contributed by atoms with Crippen LogP contribution in [0.2, 0.25) is 5.02 Å². The van der Waals surface area contributed by atoms with Crippen molar-refractivity contribution >= 4 is 34.1 Å². The zero-order chi connectivity index (χ0) is 26.4. The standard InChI is InChI=1S/C25H18ClF3N6O2/c1-13-4-3-5-16(6-13)35-24(36)31-23(30-21-9-15-12-33(2)32-20(15)10-17(21)26)34(25(35)37)11-14-7-18(27)22(29)19(28)8-14/h3-10,12H,11H2,1-2H3,(H,30,31,36). The summed E-state index contributed by atoms with van der Waals surface area (Å²) in [7, 11) is 1.74. The summed E-state index contributed by atoms with van der Waals surface area (Å²) >= 11 is 6.41. The molecule has 0 aliphatic carbocycles. The van der Waals surface area contributed by atoms with Crippen LogP contribution in [0.4, 0.5) is 24.8 Å². The van der Waals surface area contributed by atoms with Gasteiger partial charge < -0.3 is 5.32 Å². The van der Waals surface area contributed by atoms with Gasteiger partial charge in [0.15, 0.2) is 17.5 Å². The molecule has 0 aliphatic heterocycles. The quantitative estimate of drug-likeness (QED) is 0.342. The van der Waals surface area contributed by atoms with Crippen molar-refractivity contribution in [2.45, 2.75) is 13.5 Å². The second kappa shape index (κ2) is 9.25. The molecule has 37 heavy (non-hydrogen) atoms. The van der Waals surface area contributed by atoms with Crippen LogP contribution in [0, 0.1) is 24.4 Å². The van der Waals surface area contributed by atoms with Crippen molar-refractivity contribution < 1.29 is 13.2 Å². The monoisotopic (exact) mass is 526 g/mol. The SMILES string of the molecule is Cc1cccc(-n2c(=O)nc(Nc3cc4cn(C)nc4cc3Cl)n(Cc3cc(F)c(F)c(F)c3)c2=O)c1. The first-order valence-corrected chi connectivity index (χ1v) is 11.3. The Bertz CT molecular complexity index is 1790. The number of nitrogens with zero attached hydrogens (tertiary/aromatic N) is 5. The van der Waals surface area contributed by atoms with Crippen LogP contribution in [0.3, 0.4) is 0 Å². The van der Waals surface area contributed by atoms with E-state index in [1.165, 1.54) is 0 Å². The lowest BCUT2D eigenvalue weighted by atomic mass is 10.2. The summed E-state index contributed by atoms with van der Waals surface area (Å²) < 4.78 is 44.8. The average Bonchev–Trinajstić information content (AvgIpc) is 3.18. The summed E-state index contributed by atoms with van der Waals surface area (Å²) in [6.45, 7) is 1.36. The maximum atomic E-state index is 13.9. The van der Waals surface area contributed by atoms with Gasteiger partial charge in [-0.15, -0.1) is 0 Å². The Labute approximate surface area is 212 Å². The molecule has 12 heteroatoms. The maximum Gasteiger partial charge on any atom is 0.359 e.